The Morgan fingerprint density at radius 2 is 1.94 bits per heavy atom. The fraction of sp³-hybridized carbons (Fsp3) is 0.667. The Hall–Kier alpha value is -1.32. The van der Waals surface area contributed by atoms with Gasteiger partial charge in [-0.15, -0.1) is 6.58 Å². The van der Waals surface area contributed by atoms with Crippen LogP contribution in [0, 0.1) is 0 Å². The van der Waals surface area contributed by atoms with Gasteiger partial charge < -0.3 is 9.47 Å². The zero-order chi connectivity index (χ0) is 12.8. The maximum atomic E-state index is 11.6. The summed E-state index contributed by atoms with van der Waals surface area (Å²) in [6.45, 7) is 10.0. The van der Waals surface area contributed by atoms with E-state index in [4.69, 9.17) is 9.47 Å². The molecule has 0 unspecified atom stereocenters. The van der Waals surface area contributed by atoms with E-state index in [1.165, 1.54) is 13.8 Å². The van der Waals surface area contributed by atoms with Crippen LogP contribution in [-0.2, 0) is 19.1 Å². The fourth-order valence-corrected chi connectivity index (χ4v) is 0.953. The maximum Gasteiger partial charge on any atom is 0.350 e. The van der Waals surface area contributed by atoms with E-state index in [1.807, 2.05) is 0 Å². The van der Waals surface area contributed by atoms with Crippen LogP contribution in [0.3, 0.4) is 0 Å². The maximum absolute atomic E-state index is 11.6. The highest BCUT2D eigenvalue weighted by molar-refractivity contribution is 5.82. The average molecular weight is 228 g/mol. The Morgan fingerprint density at radius 3 is 2.38 bits per heavy atom. The zero-order valence-corrected chi connectivity index (χ0v) is 10.4. The monoisotopic (exact) mass is 228 g/mol. The Kier molecular flexibility index (Phi) is 5.78. The smallest absolute Gasteiger partial charge is 0.350 e. The average Bonchev–Trinajstić information content (AvgIpc) is 2.12. The summed E-state index contributed by atoms with van der Waals surface area (Å²) < 4.78 is 10.0. The molecule has 0 saturated heterocycles. The van der Waals surface area contributed by atoms with Gasteiger partial charge >= 0.3 is 11.9 Å². The van der Waals surface area contributed by atoms with Crippen molar-refractivity contribution in [3.8, 4) is 0 Å². The van der Waals surface area contributed by atoms with Gasteiger partial charge in [-0.1, -0.05) is 6.08 Å². The molecule has 0 radical (unpaired) electrons. The second-order valence-corrected chi connectivity index (χ2v) is 4.27. The van der Waals surface area contributed by atoms with E-state index in [0.29, 0.717) is 6.42 Å². The van der Waals surface area contributed by atoms with Crippen LogP contribution in [0.15, 0.2) is 12.7 Å². The van der Waals surface area contributed by atoms with Crippen LogP contribution in [0.25, 0.3) is 0 Å². The van der Waals surface area contributed by atoms with Crippen molar-refractivity contribution in [2.45, 2.75) is 52.2 Å². The third kappa shape index (κ3) is 5.53. The van der Waals surface area contributed by atoms with Gasteiger partial charge in [-0.25, -0.2) is 4.79 Å². The number of carbonyl (C=O) groups is 2. The van der Waals surface area contributed by atoms with Gasteiger partial charge in [0.05, 0.1) is 6.10 Å². The van der Waals surface area contributed by atoms with Gasteiger partial charge in [0.25, 0.3) is 0 Å². The topological polar surface area (TPSA) is 52.6 Å². The van der Waals surface area contributed by atoms with Gasteiger partial charge in [-0.05, 0) is 34.1 Å². The molecule has 4 nitrogen and oxygen atoms in total. The lowest BCUT2D eigenvalue weighted by molar-refractivity contribution is -0.181. The molecule has 0 aromatic carbocycles. The first-order valence-electron chi connectivity index (χ1n) is 5.33. The molecule has 0 fully saturated rings. The van der Waals surface area contributed by atoms with Crippen LogP contribution in [0.5, 0.6) is 0 Å². The van der Waals surface area contributed by atoms with Crippen LogP contribution in [0.2, 0.25) is 0 Å². The van der Waals surface area contributed by atoms with Crippen molar-refractivity contribution in [1.29, 1.82) is 0 Å². The molecule has 0 bridgehead atoms. The number of carbonyl (C=O) groups excluding carboxylic acids is 2. The summed E-state index contributed by atoms with van der Waals surface area (Å²) >= 11 is 0. The first-order chi connectivity index (χ1) is 7.29. The minimum atomic E-state index is -1.23. The summed E-state index contributed by atoms with van der Waals surface area (Å²) in [4.78, 5) is 22.9. The van der Waals surface area contributed by atoms with Crippen molar-refractivity contribution in [2.24, 2.45) is 0 Å². The number of rotatable bonds is 6. The number of hydrogen-bond acceptors (Lipinski definition) is 4. The van der Waals surface area contributed by atoms with Gasteiger partial charge in [0, 0.05) is 6.42 Å². The van der Waals surface area contributed by atoms with Gasteiger partial charge in [0.2, 0.25) is 5.60 Å². The minimum absolute atomic E-state index is 0.223. The van der Waals surface area contributed by atoms with Crippen molar-refractivity contribution in [3.63, 3.8) is 0 Å². The highest BCUT2D eigenvalue weighted by atomic mass is 16.6. The van der Waals surface area contributed by atoms with E-state index in [-0.39, 0.29) is 12.5 Å². The Balaban J connectivity index is 4.26. The molecule has 0 aromatic rings. The standard InChI is InChI=1S/C12H20O4/c1-6-7-8-10(13)16-12(4,5)11(14)15-9(2)3/h6,9H,1,7-8H2,2-5H3. The molecule has 0 atom stereocenters. The third-order valence-electron chi connectivity index (χ3n) is 1.76. The van der Waals surface area contributed by atoms with Gasteiger partial charge in [-0.2, -0.15) is 0 Å². The minimum Gasteiger partial charge on any atom is -0.460 e. The highest BCUT2D eigenvalue weighted by Gasteiger charge is 2.34. The molecule has 0 aromatic heterocycles. The first-order valence-corrected chi connectivity index (χ1v) is 5.33. The summed E-state index contributed by atoms with van der Waals surface area (Å²) in [6, 6.07) is 0. The summed E-state index contributed by atoms with van der Waals surface area (Å²) in [5.41, 5.74) is -1.23. The molecule has 0 heterocycles. The van der Waals surface area contributed by atoms with E-state index in [9.17, 15) is 9.59 Å². The molecule has 0 saturated carbocycles. The summed E-state index contributed by atoms with van der Waals surface area (Å²) in [5.74, 6) is -0.958. The third-order valence-corrected chi connectivity index (χ3v) is 1.76. The highest BCUT2D eigenvalue weighted by Crippen LogP contribution is 2.14. The molecule has 0 N–H and O–H groups in total. The molecular formula is C12H20O4. The molecule has 16 heavy (non-hydrogen) atoms. The van der Waals surface area contributed by atoms with E-state index in [2.05, 4.69) is 6.58 Å². The number of hydrogen-bond donors (Lipinski definition) is 0. The molecule has 0 rings (SSSR count). The second-order valence-electron chi connectivity index (χ2n) is 4.27. The summed E-state index contributed by atoms with van der Waals surface area (Å²) in [6.07, 6.45) is 2.16. The van der Waals surface area contributed by atoms with Crippen molar-refractivity contribution < 1.29 is 19.1 Å². The Morgan fingerprint density at radius 1 is 1.38 bits per heavy atom. The van der Waals surface area contributed by atoms with Gasteiger partial charge in [0.15, 0.2) is 0 Å². The molecule has 92 valence electrons. The summed E-state index contributed by atoms with van der Waals surface area (Å²) in [7, 11) is 0. The second kappa shape index (κ2) is 6.30. The van der Waals surface area contributed by atoms with Gasteiger partial charge in [0.1, 0.15) is 0 Å². The molecule has 0 aliphatic carbocycles. The van der Waals surface area contributed by atoms with Crippen LogP contribution in [0.1, 0.15) is 40.5 Å². The van der Waals surface area contributed by atoms with Crippen LogP contribution in [0.4, 0.5) is 0 Å². The lowest BCUT2D eigenvalue weighted by Crippen LogP contribution is -2.39. The van der Waals surface area contributed by atoms with Crippen molar-refractivity contribution >= 4 is 11.9 Å². The van der Waals surface area contributed by atoms with E-state index < -0.39 is 17.5 Å². The number of esters is 2. The molecular weight excluding hydrogens is 208 g/mol. The molecule has 0 aliphatic rings. The van der Waals surface area contributed by atoms with Crippen molar-refractivity contribution in [2.75, 3.05) is 0 Å². The van der Waals surface area contributed by atoms with E-state index in [1.54, 1.807) is 19.9 Å². The lowest BCUT2D eigenvalue weighted by atomic mass is 10.1. The Bertz CT molecular complexity index is 266. The van der Waals surface area contributed by atoms with Crippen LogP contribution < -0.4 is 0 Å². The predicted octanol–water partition coefficient (Wildman–Crippen LogP) is 2.23. The van der Waals surface area contributed by atoms with Crippen LogP contribution >= 0.6 is 0 Å². The normalized spacial score (nSPS) is 11.1. The van der Waals surface area contributed by atoms with E-state index >= 15 is 0 Å². The zero-order valence-electron chi connectivity index (χ0n) is 10.4. The Labute approximate surface area is 96.6 Å². The molecule has 0 amide bonds. The molecule has 4 heteroatoms. The first kappa shape index (κ1) is 14.7. The largest absolute Gasteiger partial charge is 0.460 e. The number of allylic oxidation sites excluding steroid dienone is 1. The molecule has 0 aliphatic heterocycles. The van der Waals surface area contributed by atoms with E-state index in [0.717, 1.165) is 0 Å². The fourth-order valence-electron chi connectivity index (χ4n) is 0.953. The predicted molar refractivity (Wildman–Crippen MR) is 60.8 cm³/mol. The lowest BCUT2D eigenvalue weighted by Gasteiger charge is -2.24. The van der Waals surface area contributed by atoms with Crippen LogP contribution in [-0.4, -0.2) is 23.6 Å². The SMILES string of the molecule is C=CCCC(=O)OC(C)(C)C(=O)OC(C)C. The van der Waals surface area contributed by atoms with Gasteiger partial charge in [-0.3, -0.25) is 4.79 Å². The quantitative estimate of drug-likeness (QED) is 0.516. The summed E-state index contributed by atoms with van der Waals surface area (Å²) in [5, 5.41) is 0. The van der Waals surface area contributed by atoms with Crippen molar-refractivity contribution in [3.05, 3.63) is 12.7 Å². The number of ether oxygens (including phenoxy) is 2. The van der Waals surface area contributed by atoms with Crippen molar-refractivity contribution in [1.82, 2.24) is 0 Å². The molecule has 0 spiro atoms.